The van der Waals surface area contributed by atoms with Gasteiger partial charge in [-0.1, -0.05) is 0 Å². The molecule has 0 heterocycles. The third kappa shape index (κ3) is 168. The predicted molar refractivity (Wildman–Crippen MR) is 31.9 cm³/mol. The molecule has 0 aromatic heterocycles. The zero-order valence-electron chi connectivity index (χ0n) is 2.96. The first-order valence-corrected chi connectivity index (χ1v) is 1.91. The topological polar surface area (TPSA) is 72.0 Å². The molecule has 6 heavy (non-hydrogen) atoms. The van der Waals surface area contributed by atoms with Crippen LogP contribution in [-0.2, 0) is 0 Å². The van der Waals surface area contributed by atoms with Crippen LogP contribution in [0.15, 0.2) is 0 Å². The molecular weight excluding hydrogens is 122 g/mol. The van der Waals surface area contributed by atoms with Crippen molar-refractivity contribution >= 4 is 27.0 Å². The molecule has 4 N–H and O–H groups in total. The van der Waals surface area contributed by atoms with Crippen molar-refractivity contribution in [2.45, 2.75) is 0 Å². The maximum absolute atomic E-state index is 6.00. The van der Waals surface area contributed by atoms with E-state index in [-0.39, 0.29) is 5.48 Å². The average molecular weight is 128 g/mol. The Balaban J connectivity index is -0.0000000275. The van der Waals surface area contributed by atoms with Gasteiger partial charge in [0.1, 0.15) is 0 Å². The van der Waals surface area contributed by atoms with Crippen molar-refractivity contribution in [1.82, 2.24) is 0 Å². The van der Waals surface area contributed by atoms with Crippen molar-refractivity contribution < 1.29 is 16.0 Å². The zero-order valence-corrected chi connectivity index (χ0v) is 4.93. The van der Waals surface area contributed by atoms with Crippen LogP contribution in [0.1, 0.15) is 0 Å². The van der Waals surface area contributed by atoms with E-state index in [4.69, 9.17) is 10.5 Å². The second-order valence-corrected chi connectivity index (χ2v) is 1.22. The van der Waals surface area contributed by atoms with Gasteiger partial charge >= 0.3 is 27.0 Å². The summed E-state index contributed by atoms with van der Waals surface area (Å²) in [5.41, 5.74) is 0. The van der Waals surface area contributed by atoms with Crippen LogP contribution < -0.4 is 0 Å². The first-order chi connectivity index (χ1) is 2.41. The Morgan fingerprint density at radius 2 is 1.50 bits per heavy atom. The summed E-state index contributed by atoms with van der Waals surface area (Å²) >= 11 is 4.23. The van der Waals surface area contributed by atoms with E-state index in [1.807, 2.05) is 0 Å². The Morgan fingerprint density at radius 3 is 1.50 bits per heavy atom. The van der Waals surface area contributed by atoms with Crippen LogP contribution in [0.2, 0.25) is 0 Å². The summed E-state index contributed by atoms with van der Waals surface area (Å²) in [6.45, 7) is 0. The van der Waals surface area contributed by atoms with Gasteiger partial charge in [0.25, 0.3) is 0 Å². The molecule has 0 bridgehead atoms. The molecule has 38 valence electrons. The molecule has 0 amide bonds. The van der Waals surface area contributed by atoms with Crippen molar-refractivity contribution in [3.05, 3.63) is 0 Å². The third-order valence-electron chi connectivity index (χ3n) is 0. The van der Waals surface area contributed by atoms with Gasteiger partial charge in [0, 0.05) is 0 Å². The Bertz CT molecular complexity index is 18.3. The fraction of sp³-hybridized carbons (Fsp3) is 0. The van der Waals surface area contributed by atoms with Crippen molar-refractivity contribution in [1.29, 1.82) is 0 Å². The van der Waals surface area contributed by atoms with E-state index in [0.29, 0.717) is 0 Å². The van der Waals surface area contributed by atoms with E-state index in [9.17, 15) is 0 Å². The minimum absolute atomic E-state index is 0. The molecule has 1 unspecified atom stereocenters. The molecule has 0 fully saturated rings. The molecule has 0 aromatic carbocycles. The van der Waals surface area contributed by atoms with Gasteiger partial charge in [-0.3, -0.25) is 10.5 Å². The molecular formula is H6BO3PS. The predicted octanol–water partition coefficient (Wildman–Crippen LogP) is -0.214. The summed E-state index contributed by atoms with van der Waals surface area (Å²) in [6.07, 6.45) is 0. The fourth-order valence-electron chi connectivity index (χ4n) is 0. The number of hydrogen-bond acceptors (Lipinski definition) is 3. The Morgan fingerprint density at radius 1 is 1.50 bits per heavy atom. The molecule has 3 nitrogen and oxygen atoms in total. The van der Waals surface area contributed by atoms with Crippen LogP contribution in [-0.4, -0.2) is 21.9 Å². The number of hydrogen-bond donors (Lipinski definition) is 2. The first-order valence-electron chi connectivity index (χ1n) is 0.769. The van der Waals surface area contributed by atoms with Crippen LogP contribution in [0.3, 0.4) is 0 Å². The summed E-state index contributed by atoms with van der Waals surface area (Å²) in [4.78, 5) is 0. The van der Waals surface area contributed by atoms with E-state index in [1.165, 1.54) is 5.87 Å². The standard InChI is InChI=1S/BH2PS.H2O2.H2O/c2-1-3;1-2;/h2H2;1-2H;1H2. The maximum atomic E-state index is 6.00. The zero-order chi connectivity index (χ0) is 4.71. The quantitative estimate of drug-likeness (QED) is 0.205. The monoisotopic (exact) mass is 128 g/mol. The van der Waals surface area contributed by atoms with Gasteiger partial charge < -0.3 is 5.48 Å². The molecule has 1 atom stereocenters. The van der Waals surface area contributed by atoms with Crippen molar-refractivity contribution in [3.63, 3.8) is 0 Å². The van der Waals surface area contributed by atoms with Gasteiger partial charge in [0.15, 0.2) is 0 Å². The van der Waals surface area contributed by atoms with E-state index < -0.39 is 0 Å². The molecule has 0 radical (unpaired) electrons. The van der Waals surface area contributed by atoms with E-state index >= 15 is 0 Å². The number of rotatable bonds is 0. The van der Waals surface area contributed by atoms with E-state index in [0.717, 1.165) is 0 Å². The summed E-state index contributed by atoms with van der Waals surface area (Å²) in [7, 11) is 2.27. The van der Waals surface area contributed by atoms with Crippen LogP contribution >= 0.6 is 21.2 Å². The van der Waals surface area contributed by atoms with Gasteiger partial charge in [-0.05, 0) is 0 Å². The molecule has 0 spiro atoms. The van der Waals surface area contributed by atoms with Crippen LogP contribution in [0.5, 0.6) is 0 Å². The summed E-state index contributed by atoms with van der Waals surface area (Å²) in [5.74, 6) is 1.50. The van der Waals surface area contributed by atoms with Crippen molar-refractivity contribution in [2.75, 3.05) is 0 Å². The molecule has 0 aliphatic rings. The molecule has 0 saturated carbocycles. The Kier molecular flexibility index (Phi) is 124. The third-order valence-corrected chi connectivity index (χ3v) is 0. The molecule has 0 saturated heterocycles. The molecule has 0 aromatic rings. The van der Waals surface area contributed by atoms with Crippen LogP contribution in [0, 0.1) is 0 Å². The van der Waals surface area contributed by atoms with Gasteiger partial charge in [-0.15, -0.1) is 0 Å². The van der Waals surface area contributed by atoms with Gasteiger partial charge in [-0.25, -0.2) is 0 Å². The fourth-order valence-corrected chi connectivity index (χ4v) is 0. The molecule has 6 heteroatoms. The van der Waals surface area contributed by atoms with Crippen molar-refractivity contribution in [2.24, 2.45) is 0 Å². The van der Waals surface area contributed by atoms with Crippen LogP contribution in [0.25, 0.3) is 0 Å². The van der Waals surface area contributed by atoms with Crippen LogP contribution in [0.4, 0.5) is 0 Å². The van der Waals surface area contributed by atoms with E-state index in [1.54, 1.807) is 0 Å². The van der Waals surface area contributed by atoms with E-state index in [2.05, 4.69) is 21.2 Å². The Labute approximate surface area is 43.9 Å². The molecule has 0 rings (SSSR count). The molecule has 0 aliphatic heterocycles. The minimum atomic E-state index is 0. The van der Waals surface area contributed by atoms with Gasteiger partial charge in [0.05, 0.1) is 0 Å². The average Bonchev–Trinajstić information content (AvgIpc) is 1.46. The summed E-state index contributed by atoms with van der Waals surface area (Å²) in [6, 6.07) is 0. The first kappa shape index (κ1) is 16.0. The summed E-state index contributed by atoms with van der Waals surface area (Å²) in [5, 5.41) is 12.0. The van der Waals surface area contributed by atoms with Crippen molar-refractivity contribution in [3.8, 4) is 0 Å². The second-order valence-electron chi connectivity index (χ2n) is 0.136. The molecule has 0 aliphatic carbocycles. The Hall–Kier alpha value is 0.595. The SMILES string of the molecule is O.OO.PB=S. The normalized spacial score (nSPS) is 2.50. The second kappa shape index (κ2) is 46.4. The van der Waals surface area contributed by atoms with Gasteiger partial charge in [0.2, 0.25) is 0 Å². The van der Waals surface area contributed by atoms with Gasteiger partial charge in [-0.2, -0.15) is 0 Å². The summed E-state index contributed by atoms with van der Waals surface area (Å²) < 4.78 is 0.